The second kappa shape index (κ2) is 10.3. The van der Waals surface area contributed by atoms with E-state index in [0.717, 1.165) is 5.56 Å². The molecule has 0 aliphatic carbocycles. The monoisotopic (exact) mass is 416 g/mol. The fourth-order valence-electron chi connectivity index (χ4n) is 2.93. The Morgan fingerprint density at radius 2 is 1.73 bits per heavy atom. The van der Waals surface area contributed by atoms with Gasteiger partial charge in [0.05, 0.1) is 19.2 Å². The number of rotatable bonds is 7. The van der Waals surface area contributed by atoms with Crippen LogP contribution in [-0.2, 0) is 16.0 Å². The second-order valence-corrected chi connectivity index (χ2v) is 6.84. The van der Waals surface area contributed by atoms with Crippen LogP contribution in [0.2, 0.25) is 0 Å². The maximum Gasteiger partial charge on any atom is 0.244 e. The summed E-state index contributed by atoms with van der Waals surface area (Å²) < 4.78 is 10.8. The molecular formula is C21H24N2O7. The lowest BCUT2D eigenvalue weighted by molar-refractivity contribution is -0.277. The van der Waals surface area contributed by atoms with Crippen LogP contribution in [-0.4, -0.2) is 69.9 Å². The molecule has 5 atom stereocenters. The van der Waals surface area contributed by atoms with Crippen molar-refractivity contribution in [2.45, 2.75) is 37.1 Å². The Labute approximate surface area is 173 Å². The molecule has 1 saturated heterocycles. The van der Waals surface area contributed by atoms with Gasteiger partial charge in [-0.15, -0.1) is 0 Å². The summed E-state index contributed by atoms with van der Waals surface area (Å²) >= 11 is 0. The maximum absolute atomic E-state index is 11.9. The Balaban J connectivity index is 1.52. The predicted molar refractivity (Wildman–Crippen MR) is 107 cm³/mol. The van der Waals surface area contributed by atoms with Gasteiger partial charge in [0, 0.05) is 0 Å². The molecule has 0 spiro atoms. The normalized spacial score (nSPS) is 26.5. The van der Waals surface area contributed by atoms with Crippen molar-refractivity contribution in [2.75, 3.05) is 6.61 Å². The molecule has 160 valence electrons. The molecule has 2 aromatic rings. The van der Waals surface area contributed by atoms with Gasteiger partial charge in [-0.05, 0) is 35.4 Å². The number of aliphatic hydroxyl groups excluding tert-OH is 4. The molecule has 0 bridgehead atoms. The molecule has 5 N–H and O–H groups in total. The van der Waals surface area contributed by atoms with Crippen LogP contribution in [0.1, 0.15) is 11.1 Å². The van der Waals surface area contributed by atoms with Gasteiger partial charge in [-0.1, -0.05) is 30.3 Å². The first-order valence-corrected chi connectivity index (χ1v) is 9.41. The summed E-state index contributed by atoms with van der Waals surface area (Å²) in [5.74, 6) is 0.101. The van der Waals surface area contributed by atoms with Crippen molar-refractivity contribution >= 4 is 12.1 Å². The van der Waals surface area contributed by atoms with Crippen LogP contribution < -0.4 is 10.2 Å². The van der Waals surface area contributed by atoms with Crippen LogP contribution in [0.25, 0.3) is 0 Å². The molecule has 9 nitrogen and oxygen atoms in total. The van der Waals surface area contributed by atoms with Crippen molar-refractivity contribution in [1.82, 2.24) is 5.43 Å². The number of carbonyl (C=O) groups excluding carboxylic acids is 1. The summed E-state index contributed by atoms with van der Waals surface area (Å²) in [6, 6.07) is 15.8. The lowest BCUT2D eigenvalue weighted by atomic mass is 9.99. The van der Waals surface area contributed by atoms with E-state index in [4.69, 9.17) is 9.47 Å². The number of hydrazone groups is 1. The SMILES string of the molecule is O=C(Cc1ccccc1)N/N=C\c1ccc(O[C@@H]2O[C@H](CO)[C@@H](O)[C@H](O)[C@H]2O)cc1. The average molecular weight is 416 g/mol. The van der Waals surface area contributed by atoms with Crippen LogP contribution in [0.4, 0.5) is 0 Å². The smallest absolute Gasteiger partial charge is 0.244 e. The van der Waals surface area contributed by atoms with Gasteiger partial charge in [-0.3, -0.25) is 4.79 Å². The van der Waals surface area contributed by atoms with Crippen LogP contribution in [0.3, 0.4) is 0 Å². The molecule has 9 heteroatoms. The van der Waals surface area contributed by atoms with E-state index >= 15 is 0 Å². The highest BCUT2D eigenvalue weighted by Crippen LogP contribution is 2.24. The molecule has 0 unspecified atom stereocenters. The van der Waals surface area contributed by atoms with Crippen molar-refractivity contribution in [2.24, 2.45) is 5.10 Å². The number of amides is 1. The fourth-order valence-corrected chi connectivity index (χ4v) is 2.93. The van der Waals surface area contributed by atoms with Crippen molar-refractivity contribution in [3.8, 4) is 5.75 Å². The number of carbonyl (C=O) groups is 1. The van der Waals surface area contributed by atoms with Crippen LogP contribution in [0.5, 0.6) is 5.75 Å². The number of nitrogens with one attached hydrogen (secondary N) is 1. The number of hydrogen-bond acceptors (Lipinski definition) is 8. The Kier molecular flexibility index (Phi) is 7.50. The predicted octanol–water partition coefficient (Wildman–Crippen LogP) is -0.442. The standard InChI is InChI=1S/C21H24N2O7/c24-12-16-18(26)19(27)20(28)21(30-16)29-15-8-6-14(7-9-15)11-22-23-17(25)10-13-4-2-1-3-5-13/h1-9,11,16,18-21,24,26-28H,10,12H2,(H,23,25)/b22-11-/t16-,18-,19+,20-,21-/m1/s1. The Morgan fingerprint density at radius 1 is 1.03 bits per heavy atom. The zero-order chi connectivity index (χ0) is 21.5. The third kappa shape index (κ3) is 5.62. The Hall–Kier alpha value is -2.82. The number of hydrogen-bond donors (Lipinski definition) is 5. The molecule has 3 rings (SSSR count). The van der Waals surface area contributed by atoms with E-state index in [0.29, 0.717) is 11.3 Å². The third-order valence-corrected chi connectivity index (χ3v) is 4.59. The summed E-state index contributed by atoms with van der Waals surface area (Å²) in [5.41, 5.74) is 4.04. The van der Waals surface area contributed by atoms with E-state index in [9.17, 15) is 25.2 Å². The first-order valence-electron chi connectivity index (χ1n) is 9.41. The zero-order valence-electron chi connectivity index (χ0n) is 16.0. The molecule has 2 aromatic carbocycles. The number of ether oxygens (including phenoxy) is 2. The highest BCUT2D eigenvalue weighted by molar-refractivity contribution is 5.83. The minimum atomic E-state index is -1.51. The number of aliphatic hydroxyl groups is 4. The van der Waals surface area contributed by atoms with Gasteiger partial charge >= 0.3 is 0 Å². The zero-order valence-corrected chi connectivity index (χ0v) is 16.0. The first kappa shape index (κ1) is 21.9. The molecule has 0 radical (unpaired) electrons. The molecule has 1 amide bonds. The summed E-state index contributed by atoms with van der Waals surface area (Å²) in [5, 5.41) is 42.7. The quantitative estimate of drug-likeness (QED) is 0.304. The molecule has 30 heavy (non-hydrogen) atoms. The maximum atomic E-state index is 11.9. The van der Waals surface area contributed by atoms with E-state index in [2.05, 4.69) is 10.5 Å². The van der Waals surface area contributed by atoms with Crippen molar-refractivity contribution in [3.63, 3.8) is 0 Å². The van der Waals surface area contributed by atoms with Crippen LogP contribution in [0, 0.1) is 0 Å². The average Bonchev–Trinajstić information content (AvgIpc) is 2.76. The molecule has 0 saturated carbocycles. The molecule has 1 heterocycles. The summed E-state index contributed by atoms with van der Waals surface area (Å²) in [7, 11) is 0. The van der Waals surface area contributed by atoms with Gasteiger partial charge in [-0.2, -0.15) is 5.10 Å². The number of benzene rings is 2. The third-order valence-electron chi connectivity index (χ3n) is 4.59. The van der Waals surface area contributed by atoms with Gasteiger partial charge in [0.25, 0.3) is 0 Å². The van der Waals surface area contributed by atoms with Gasteiger partial charge in [-0.25, -0.2) is 5.43 Å². The summed E-state index contributed by atoms with van der Waals surface area (Å²) in [6.07, 6.45) is -5.03. The van der Waals surface area contributed by atoms with Crippen molar-refractivity contribution in [3.05, 3.63) is 65.7 Å². The van der Waals surface area contributed by atoms with E-state index in [1.165, 1.54) is 6.21 Å². The van der Waals surface area contributed by atoms with Gasteiger partial charge in [0.2, 0.25) is 12.2 Å². The second-order valence-electron chi connectivity index (χ2n) is 6.84. The van der Waals surface area contributed by atoms with E-state index < -0.39 is 37.3 Å². The van der Waals surface area contributed by atoms with Gasteiger partial charge in [0.15, 0.2) is 0 Å². The lowest BCUT2D eigenvalue weighted by Gasteiger charge is -2.39. The van der Waals surface area contributed by atoms with Gasteiger partial charge < -0.3 is 29.9 Å². The molecule has 1 aliphatic heterocycles. The Bertz CT molecular complexity index is 842. The van der Waals surface area contributed by atoms with Crippen LogP contribution in [0.15, 0.2) is 59.7 Å². The van der Waals surface area contributed by atoms with Crippen molar-refractivity contribution < 1.29 is 34.7 Å². The first-order chi connectivity index (χ1) is 14.5. The molecule has 1 fully saturated rings. The van der Waals surface area contributed by atoms with E-state index in [1.807, 2.05) is 30.3 Å². The summed E-state index contributed by atoms with van der Waals surface area (Å²) in [6.45, 7) is -0.532. The van der Waals surface area contributed by atoms with Crippen molar-refractivity contribution in [1.29, 1.82) is 0 Å². The highest BCUT2D eigenvalue weighted by atomic mass is 16.7. The highest BCUT2D eigenvalue weighted by Gasteiger charge is 2.44. The lowest BCUT2D eigenvalue weighted by Crippen LogP contribution is -2.60. The largest absolute Gasteiger partial charge is 0.462 e. The van der Waals surface area contributed by atoms with E-state index in [-0.39, 0.29) is 12.3 Å². The minimum absolute atomic E-state index is 0.226. The van der Waals surface area contributed by atoms with Gasteiger partial charge in [0.1, 0.15) is 30.2 Å². The Morgan fingerprint density at radius 3 is 2.40 bits per heavy atom. The van der Waals surface area contributed by atoms with Crippen LogP contribution >= 0.6 is 0 Å². The summed E-state index contributed by atoms with van der Waals surface area (Å²) in [4.78, 5) is 11.9. The molecule has 1 aliphatic rings. The topological polar surface area (TPSA) is 141 Å². The fraction of sp³-hybridized carbons (Fsp3) is 0.333. The van der Waals surface area contributed by atoms with E-state index in [1.54, 1.807) is 24.3 Å². The number of nitrogens with zero attached hydrogens (tertiary/aromatic N) is 1. The minimum Gasteiger partial charge on any atom is -0.462 e. The molecule has 0 aromatic heterocycles. The molecular weight excluding hydrogens is 392 g/mol.